The molecular formula is C10H7ClF2O. The summed E-state index contributed by atoms with van der Waals surface area (Å²) in [7, 11) is 0. The Balaban J connectivity index is 2.73. The van der Waals surface area contributed by atoms with Gasteiger partial charge in [0.15, 0.2) is 17.4 Å². The summed E-state index contributed by atoms with van der Waals surface area (Å²) in [5.41, 5.74) is 0.295. The van der Waals surface area contributed by atoms with Crippen LogP contribution in [0, 0.1) is 11.6 Å². The van der Waals surface area contributed by atoms with Crippen LogP contribution in [0.4, 0.5) is 8.78 Å². The first-order valence-electron chi connectivity index (χ1n) is 4.31. The maximum absolute atomic E-state index is 13.3. The third-order valence-electron chi connectivity index (χ3n) is 2.38. The lowest BCUT2D eigenvalue weighted by molar-refractivity contribution is 0.0967. The standard InChI is InChI=1S/C10H7ClF2O/c11-6-4-7(12)10(13)9-5(6)2-1-3-8(9)14/h4H,1-3H2. The van der Waals surface area contributed by atoms with Gasteiger partial charge in [0.2, 0.25) is 0 Å². The number of fused-ring (bicyclic) bond motifs is 1. The molecule has 0 radical (unpaired) electrons. The van der Waals surface area contributed by atoms with Gasteiger partial charge in [-0.15, -0.1) is 0 Å². The van der Waals surface area contributed by atoms with Crippen molar-refractivity contribution >= 4 is 17.4 Å². The molecule has 0 atom stereocenters. The molecule has 0 N–H and O–H groups in total. The Morgan fingerprint density at radius 3 is 2.71 bits per heavy atom. The highest BCUT2D eigenvalue weighted by atomic mass is 35.5. The fourth-order valence-electron chi connectivity index (χ4n) is 1.72. The van der Waals surface area contributed by atoms with Crippen LogP contribution in [0.15, 0.2) is 6.07 Å². The Hall–Kier alpha value is -0.960. The summed E-state index contributed by atoms with van der Waals surface area (Å²) in [6, 6.07) is 0.925. The predicted octanol–water partition coefficient (Wildman–Crippen LogP) is 3.14. The minimum Gasteiger partial charge on any atom is -0.294 e. The molecule has 0 saturated carbocycles. The molecule has 14 heavy (non-hydrogen) atoms. The Morgan fingerprint density at radius 1 is 1.29 bits per heavy atom. The lowest BCUT2D eigenvalue weighted by atomic mass is 9.90. The molecule has 1 aromatic carbocycles. The average Bonchev–Trinajstić information content (AvgIpc) is 2.14. The third kappa shape index (κ3) is 1.32. The monoisotopic (exact) mass is 216 g/mol. The zero-order valence-electron chi connectivity index (χ0n) is 7.24. The number of benzene rings is 1. The Labute approximate surface area is 84.7 Å². The minimum absolute atomic E-state index is 0.145. The Bertz CT molecular complexity index is 415. The van der Waals surface area contributed by atoms with Crippen LogP contribution in [0.5, 0.6) is 0 Å². The first-order valence-corrected chi connectivity index (χ1v) is 4.68. The zero-order chi connectivity index (χ0) is 10.3. The van der Waals surface area contributed by atoms with E-state index in [1.807, 2.05) is 0 Å². The first-order chi connectivity index (χ1) is 6.61. The van der Waals surface area contributed by atoms with Gasteiger partial charge in [0, 0.05) is 11.4 Å². The molecule has 1 aliphatic carbocycles. The van der Waals surface area contributed by atoms with Gasteiger partial charge in [-0.1, -0.05) is 11.6 Å². The van der Waals surface area contributed by atoms with Gasteiger partial charge in [0.25, 0.3) is 0 Å². The maximum Gasteiger partial charge on any atom is 0.169 e. The lowest BCUT2D eigenvalue weighted by Gasteiger charge is -2.16. The molecule has 0 heterocycles. The van der Waals surface area contributed by atoms with Crippen LogP contribution in [-0.4, -0.2) is 5.78 Å². The topological polar surface area (TPSA) is 17.1 Å². The number of rotatable bonds is 0. The van der Waals surface area contributed by atoms with E-state index in [9.17, 15) is 13.6 Å². The highest BCUT2D eigenvalue weighted by molar-refractivity contribution is 6.32. The van der Waals surface area contributed by atoms with Gasteiger partial charge in [-0.05, 0) is 24.5 Å². The fourth-order valence-corrected chi connectivity index (χ4v) is 2.00. The molecule has 1 nitrogen and oxygen atoms in total. The Morgan fingerprint density at radius 2 is 2.00 bits per heavy atom. The van der Waals surface area contributed by atoms with E-state index < -0.39 is 11.6 Å². The van der Waals surface area contributed by atoms with Gasteiger partial charge >= 0.3 is 0 Å². The fraction of sp³-hybridized carbons (Fsp3) is 0.300. The lowest BCUT2D eigenvalue weighted by Crippen LogP contribution is -2.15. The summed E-state index contributed by atoms with van der Waals surface area (Å²) in [4.78, 5) is 11.3. The SMILES string of the molecule is O=C1CCCc2c(Cl)cc(F)c(F)c21. The molecule has 0 fully saturated rings. The van der Waals surface area contributed by atoms with E-state index in [2.05, 4.69) is 0 Å². The van der Waals surface area contributed by atoms with Crippen molar-refractivity contribution in [3.8, 4) is 0 Å². The molecular weight excluding hydrogens is 210 g/mol. The number of hydrogen-bond acceptors (Lipinski definition) is 1. The van der Waals surface area contributed by atoms with Crippen molar-refractivity contribution in [1.82, 2.24) is 0 Å². The van der Waals surface area contributed by atoms with Crippen molar-refractivity contribution in [2.75, 3.05) is 0 Å². The van der Waals surface area contributed by atoms with Crippen LogP contribution in [0.2, 0.25) is 5.02 Å². The number of carbonyl (C=O) groups excluding carboxylic acids is 1. The van der Waals surface area contributed by atoms with E-state index in [1.165, 1.54) is 0 Å². The predicted molar refractivity (Wildman–Crippen MR) is 48.6 cm³/mol. The molecule has 0 aliphatic heterocycles. The Kier molecular flexibility index (Phi) is 2.27. The van der Waals surface area contributed by atoms with Crippen LogP contribution in [0.1, 0.15) is 28.8 Å². The number of halogens is 3. The van der Waals surface area contributed by atoms with Gasteiger partial charge in [0.1, 0.15) is 0 Å². The molecule has 2 rings (SSSR count). The molecule has 0 spiro atoms. The summed E-state index contributed by atoms with van der Waals surface area (Å²) in [5.74, 6) is -2.47. The quantitative estimate of drug-likeness (QED) is 0.609. The van der Waals surface area contributed by atoms with E-state index in [1.54, 1.807) is 0 Å². The largest absolute Gasteiger partial charge is 0.294 e. The normalized spacial score (nSPS) is 15.5. The van der Waals surface area contributed by atoms with Crippen LogP contribution < -0.4 is 0 Å². The molecule has 0 bridgehead atoms. The number of hydrogen-bond donors (Lipinski definition) is 0. The van der Waals surface area contributed by atoms with E-state index in [0.717, 1.165) is 6.07 Å². The third-order valence-corrected chi connectivity index (χ3v) is 2.72. The summed E-state index contributed by atoms with van der Waals surface area (Å²) in [6.45, 7) is 0. The van der Waals surface area contributed by atoms with E-state index in [-0.39, 0.29) is 22.8 Å². The van der Waals surface area contributed by atoms with Crippen molar-refractivity contribution in [1.29, 1.82) is 0 Å². The summed E-state index contributed by atoms with van der Waals surface area (Å²) < 4.78 is 26.2. The molecule has 0 saturated heterocycles. The number of ketones is 1. The molecule has 0 amide bonds. The molecule has 0 unspecified atom stereocenters. The van der Waals surface area contributed by atoms with Crippen LogP contribution >= 0.6 is 11.6 Å². The van der Waals surface area contributed by atoms with E-state index in [4.69, 9.17) is 11.6 Å². The van der Waals surface area contributed by atoms with Crippen LogP contribution in [-0.2, 0) is 6.42 Å². The van der Waals surface area contributed by atoms with Crippen molar-refractivity contribution in [3.05, 3.63) is 33.9 Å². The number of Topliss-reactive ketones (excluding diaryl/α,β-unsaturated/α-hetero) is 1. The van der Waals surface area contributed by atoms with Gasteiger partial charge < -0.3 is 0 Å². The summed E-state index contributed by atoms with van der Waals surface area (Å²) in [5, 5.41) is 0.145. The van der Waals surface area contributed by atoms with Gasteiger partial charge in [0.05, 0.1) is 5.56 Å². The smallest absolute Gasteiger partial charge is 0.169 e. The number of carbonyl (C=O) groups is 1. The highest BCUT2D eigenvalue weighted by Crippen LogP contribution is 2.31. The molecule has 1 aliphatic rings. The zero-order valence-corrected chi connectivity index (χ0v) is 8.00. The highest BCUT2D eigenvalue weighted by Gasteiger charge is 2.25. The van der Waals surface area contributed by atoms with Crippen molar-refractivity contribution in [2.45, 2.75) is 19.3 Å². The van der Waals surface area contributed by atoms with Gasteiger partial charge in [-0.25, -0.2) is 8.78 Å². The van der Waals surface area contributed by atoms with Crippen molar-refractivity contribution < 1.29 is 13.6 Å². The second kappa shape index (κ2) is 3.31. The molecule has 74 valence electrons. The van der Waals surface area contributed by atoms with E-state index in [0.29, 0.717) is 18.4 Å². The van der Waals surface area contributed by atoms with Crippen molar-refractivity contribution in [3.63, 3.8) is 0 Å². The maximum atomic E-state index is 13.3. The molecule has 4 heteroatoms. The first kappa shape index (κ1) is 9.59. The summed E-state index contributed by atoms with van der Waals surface area (Å²) in [6.07, 6.45) is 1.46. The van der Waals surface area contributed by atoms with E-state index >= 15 is 0 Å². The van der Waals surface area contributed by atoms with Crippen LogP contribution in [0.3, 0.4) is 0 Å². The van der Waals surface area contributed by atoms with Crippen LogP contribution in [0.25, 0.3) is 0 Å². The second-order valence-corrected chi connectivity index (χ2v) is 3.69. The molecule has 0 aromatic heterocycles. The average molecular weight is 217 g/mol. The van der Waals surface area contributed by atoms with Gasteiger partial charge in [-0.2, -0.15) is 0 Å². The second-order valence-electron chi connectivity index (χ2n) is 3.28. The molecule has 1 aromatic rings. The minimum atomic E-state index is -1.06. The van der Waals surface area contributed by atoms with Gasteiger partial charge in [-0.3, -0.25) is 4.79 Å². The summed E-state index contributed by atoms with van der Waals surface area (Å²) >= 11 is 5.73. The van der Waals surface area contributed by atoms with Crippen molar-refractivity contribution in [2.24, 2.45) is 0 Å².